The number of amidine groups is 1. The van der Waals surface area contributed by atoms with E-state index in [1.165, 1.54) is 15.3 Å². The molecule has 3 aromatic carbocycles. The van der Waals surface area contributed by atoms with Crippen molar-refractivity contribution in [2.75, 3.05) is 0 Å². The molecule has 4 rings (SSSR count). The van der Waals surface area contributed by atoms with Gasteiger partial charge in [0.25, 0.3) is 5.91 Å². The van der Waals surface area contributed by atoms with Gasteiger partial charge in [0.05, 0.1) is 17.7 Å². The number of hydrogen-bond acceptors (Lipinski definition) is 4. The van der Waals surface area contributed by atoms with Gasteiger partial charge in [-0.2, -0.15) is 0 Å². The van der Waals surface area contributed by atoms with Crippen LogP contribution >= 0.6 is 95.5 Å². The highest BCUT2D eigenvalue weighted by Gasteiger charge is 2.24. The standard InChI is InChI=1S/C25H18BrI3N2O2S/c1-13-7-18(8-14(2)22(13)26)30-25-31-24(32)21(34-25)11-16-9-19(28)23(20(29)10-16)33-12-15-3-5-17(27)6-4-15/h3-11H,12H2,1-2H3,(H,30,31,32)/b21-11-. The predicted octanol–water partition coefficient (Wildman–Crippen LogP) is 8.35. The first kappa shape index (κ1) is 26.4. The number of nitrogens with zero attached hydrogens (tertiary/aromatic N) is 1. The van der Waals surface area contributed by atoms with Gasteiger partial charge in [-0.1, -0.05) is 28.1 Å². The Bertz CT molecular complexity index is 1290. The van der Waals surface area contributed by atoms with E-state index in [0.29, 0.717) is 16.7 Å². The van der Waals surface area contributed by atoms with Gasteiger partial charge in [-0.25, -0.2) is 4.99 Å². The van der Waals surface area contributed by atoms with Crippen LogP contribution in [0.15, 0.2) is 62.9 Å². The molecule has 0 aliphatic carbocycles. The maximum absolute atomic E-state index is 12.6. The van der Waals surface area contributed by atoms with Crippen molar-refractivity contribution in [1.29, 1.82) is 0 Å². The Morgan fingerprint density at radius 3 is 2.26 bits per heavy atom. The second-order valence-corrected chi connectivity index (χ2v) is 13.0. The summed E-state index contributed by atoms with van der Waals surface area (Å²) in [7, 11) is 0. The molecule has 3 aromatic rings. The van der Waals surface area contributed by atoms with E-state index in [4.69, 9.17) is 4.74 Å². The third-order valence-electron chi connectivity index (χ3n) is 4.92. The molecule has 0 atom stereocenters. The summed E-state index contributed by atoms with van der Waals surface area (Å²) in [6.45, 7) is 4.57. The summed E-state index contributed by atoms with van der Waals surface area (Å²) < 4.78 is 10.4. The minimum atomic E-state index is -0.140. The molecule has 0 saturated carbocycles. The summed E-state index contributed by atoms with van der Waals surface area (Å²) in [4.78, 5) is 17.8. The van der Waals surface area contributed by atoms with Gasteiger partial charge >= 0.3 is 0 Å². The number of ether oxygens (including phenoxy) is 1. The number of thioether (sulfide) groups is 1. The van der Waals surface area contributed by atoms with E-state index < -0.39 is 0 Å². The smallest absolute Gasteiger partial charge is 0.264 e. The molecule has 0 bridgehead atoms. The van der Waals surface area contributed by atoms with Crippen molar-refractivity contribution >= 4 is 118 Å². The van der Waals surface area contributed by atoms with E-state index in [2.05, 4.69) is 118 Å². The Balaban J connectivity index is 1.51. The molecule has 1 aliphatic rings. The Morgan fingerprint density at radius 2 is 1.65 bits per heavy atom. The Kier molecular flexibility index (Phi) is 9.02. The minimum Gasteiger partial charge on any atom is -0.487 e. The molecule has 1 fully saturated rings. The van der Waals surface area contributed by atoms with Crippen LogP contribution in [0.3, 0.4) is 0 Å². The van der Waals surface area contributed by atoms with Gasteiger partial charge in [0.15, 0.2) is 5.17 Å². The third kappa shape index (κ3) is 6.56. The van der Waals surface area contributed by atoms with E-state index in [-0.39, 0.29) is 5.91 Å². The van der Waals surface area contributed by atoms with Crippen LogP contribution in [0.5, 0.6) is 5.75 Å². The zero-order chi connectivity index (χ0) is 24.4. The number of carbonyl (C=O) groups excluding carboxylic acids is 1. The van der Waals surface area contributed by atoms with Gasteiger partial charge in [-0.15, -0.1) is 0 Å². The quantitative estimate of drug-likeness (QED) is 0.207. The highest BCUT2D eigenvalue weighted by Crippen LogP contribution is 2.34. The maximum atomic E-state index is 12.6. The molecule has 1 N–H and O–H groups in total. The van der Waals surface area contributed by atoms with Crippen LogP contribution in [0.4, 0.5) is 5.69 Å². The topological polar surface area (TPSA) is 50.7 Å². The number of aryl methyl sites for hydroxylation is 2. The van der Waals surface area contributed by atoms with Crippen LogP contribution in [0, 0.1) is 24.6 Å². The fourth-order valence-electron chi connectivity index (χ4n) is 3.27. The number of carbonyl (C=O) groups is 1. The normalized spacial score (nSPS) is 15.8. The van der Waals surface area contributed by atoms with E-state index >= 15 is 0 Å². The molecule has 1 aliphatic heterocycles. The Morgan fingerprint density at radius 1 is 1.03 bits per heavy atom. The van der Waals surface area contributed by atoms with Crippen LogP contribution in [0.25, 0.3) is 6.08 Å². The average molecular weight is 871 g/mol. The lowest BCUT2D eigenvalue weighted by atomic mass is 10.1. The molecular formula is C25H18BrI3N2O2S. The summed E-state index contributed by atoms with van der Waals surface area (Å²) >= 11 is 11.8. The molecule has 0 spiro atoms. The summed E-state index contributed by atoms with van der Waals surface area (Å²) in [6.07, 6.45) is 1.90. The monoisotopic (exact) mass is 870 g/mol. The Labute approximate surface area is 252 Å². The predicted molar refractivity (Wildman–Crippen MR) is 170 cm³/mol. The molecule has 9 heteroatoms. The SMILES string of the molecule is Cc1cc(N=C2NC(=O)/C(=C/c3cc(I)c(OCc4ccc(I)cc4)c(I)c3)S2)cc(C)c1Br. The number of aliphatic imine (C=N–C) groups is 1. The summed E-state index contributed by atoms with van der Waals surface area (Å²) in [5.41, 5.74) is 5.11. The second-order valence-electron chi connectivity index (χ2n) is 7.60. The first-order valence-electron chi connectivity index (χ1n) is 10.1. The van der Waals surface area contributed by atoms with Gasteiger partial charge in [0.2, 0.25) is 0 Å². The van der Waals surface area contributed by atoms with Crippen molar-refractivity contribution in [2.45, 2.75) is 20.5 Å². The third-order valence-corrected chi connectivity index (χ3v) is 9.40. The van der Waals surface area contributed by atoms with E-state index in [1.807, 2.05) is 44.2 Å². The molecule has 1 saturated heterocycles. The summed E-state index contributed by atoms with van der Waals surface area (Å²) in [5.74, 6) is 0.715. The van der Waals surface area contributed by atoms with Gasteiger partial charge in [0, 0.05) is 8.04 Å². The summed E-state index contributed by atoms with van der Waals surface area (Å²) in [6, 6.07) is 16.4. The average Bonchev–Trinajstić information content (AvgIpc) is 3.11. The lowest BCUT2D eigenvalue weighted by Gasteiger charge is -2.12. The largest absolute Gasteiger partial charge is 0.487 e. The maximum Gasteiger partial charge on any atom is 0.264 e. The molecule has 0 unspecified atom stereocenters. The van der Waals surface area contributed by atoms with Crippen LogP contribution < -0.4 is 10.1 Å². The van der Waals surface area contributed by atoms with Crippen LogP contribution in [0.1, 0.15) is 22.3 Å². The fourth-order valence-corrected chi connectivity index (χ4v) is 6.83. The van der Waals surface area contributed by atoms with Crippen molar-refractivity contribution in [3.05, 3.63) is 90.9 Å². The number of halogens is 4. The number of hydrogen-bond donors (Lipinski definition) is 1. The molecule has 174 valence electrons. The number of nitrogens with one attached hydrogen (secondary N) is 1. The molecule has 1 amide bonds. The minimum absolute atomic E-state index is 0.140. The highest BCUT2D eigenvalue weighted by molar-refractivity contribution is 14.1. The lowest BCUT2D eigenvalue weighted by molar-refractivity contribution is -0.115. The summed E-state index contributed by atoms with van der Waals surface area (Å²) in [5, 5.41) is 3.46. The van der Waals surface area contributed by atoms with E-state index in [0.717, 1.165) is 45.3 Å². The van der Waals surface area contributed by atoms with Crippen molar-refractivity contribution in [3.8, 4) is 5.75 Å². The van der Waals surface area contributed by atoms with Gasteiger partial charge in [-0.05, 0) is 158 Å². The molecule has 34 heavy (non-hydrogen) atoms. The molecule has 1 heterocycles. The van der Waals surface area contributed by atoms with Crippen LogP contribution in [0.2, 0.25) is 0 Å². The molecule has 0 aromatic heterocycles. The van der Waals surface area contributed by atoms with E-state index in [9.17, 15) is 4.79 Å². The highest BCUT2D eigenvalue weighted by atomic mass is 127. The lowest BCUT2D eigenvalue weighted by Crippen LogP contribution is -2.19. The number of benzene rings is 3. The van der Waals surface area contributed by atoms with Crippen LogP contribution in [-0.4, -0.2) is 11.1 Å². The second kappa shape index (κ2) is 11.6. The number of amides is 1. The van der Waals surface area contributed by atoms with Gasteiger partial charge < -0.3 is 10.1 Å². The van der Waals surface area contributed by atoms with Crippen molar-refractivity contribution in [2.24, 2.45) is 4.99 Å². The van der Waals surface area contributed by atoms with E-state index in [1.54, 1.807) is 0 Å². The fraction of sp³-hybridized carbons (Fsp3) is 0.120. The Hall–Kier alpha value is -0.640. The first-order valence-corrected chi connectivity index (χ1v) is 15.0. The van der Waals surface area contributed by atoms with Crippen molar-refractivity contribution in [3.63, 3.8) is 0 Å². The van der Waals surface area contributed by atoms with Crippen molar-refractivity contribution < 1.29 is 9.53 Å². The van der Waals surface area contributed by atoms with Gasteiger partial charge in [0.1, 0.15) is 12.4 Å². The zero-order valence-corrected chi connectivity index (χ0v) is 27.0. The van der Waals surface area contributed by atoms with Crippen LogP contribution in [-0.2, 0) is 11.4 Å². The van der Waals surface area contributed by atoms with Gasteiger partial charge in [-0.3, -0.25) is 4.79 Å². The number of rotatable bonds is 5. The van der Waals surface area contributed by atoms with Crippen molar-refractivity contribution in [1.82, 2.24) is 5.32 Å². The molecule has 4 nitrogen and oxygen atoms in total. The molecule has 0 radical (unpaired) electrons. The first-order chi connectivity index (χ1) is 16.2. The molecular weight excluding hydrogens is 853 g/mol. The zero-order valence-electron chi connectivity index (χ0n) is 18.1.